The second-order valence-corrected chi connectivity index (χ2v) is 6.36. The minimum absolute atomic E-state index is 0.117. The number of para-hydroxylation sites is 1. The van der Waals surface area contributed by atoms with E-state index in [0.29, 0.717) is 29.2 Å². The molecule has 2 aromatic carbocycles. The van der Waals surface area contributed by atoms with Crippen molar-refractivity contribution in [3.63, 3.8) is 0 Å². The van der Waals surface area contributed by atoms with Gasteiger partial charge in [-0.2, -0.15) is 0 Å². The highest BCUT2D eigenvalue weighted by molar-refractivity contribution is 6.30. The average Bonchev–Trinajstić information content (AvgIpc) is 2.67. The molecular weight excluding hydrogens is 366 g/mol. The number of anilines is 1. The normalized spacial score (nSPS) is 10.1. The number of nitrogens with zero attached hydrogens (tertiary/aromatic N) is 1. The Balaban J connectivity index is 1.87. The molecule has 0 radical (unpaired) electrons. The molecule has 0 atom stereocenters. The molecule has 0 saturated heterocycles. The zero-order valence-electron chi connectivity index (χ0n) is 15.1. The number of hydrogen-bond acceptors (Lipinski definition) is 3. The lowest BCUT2D eigenvalue weighted by atomic mass is 10.2. The van der Waals surface area contributed by atoms with Crippen molar-refractivity contribution >= 4 is 35.0 Å². The van der Waals surface area contributed by atoms with Crippen molar-refractivity contribution in [2.45, 2.75) is 13.3 Å². The van der Waals surface area contributed by atoms with Crippen LogP contribution in [0.5, 0.6) is 0 Å². The lowest BCUT2D eigenvalue weighted by molar-refractivity contribution is -0.124. The van der Waals surface area contributed by atoms with Gasteiger partial charge in [-0.15, -0.1) is 0 Å². The van der Waals surface area contributed by atoms with Crippen molar-refractivity contribution < 1.29 is 14.4 Å². The maximum Gasteiger partial charge on any atom is 0.254 e. The first-order valence-corrected chi connectivity index (χ1v) is 9.04. The molecule has 0 heterocycles. The molecule has 2 N–H and O–H groups in total. The largest absolute Gasteiger partial charge is 0.345 e. The molecule has 0 aliphatic carbocycles. The monoisotopic (exact) mass is 387 g/mol. The summed E-state index contributed by atoms with van der Waals surface area (Å²) in [6, 6.07) is 15.5. The summed E-state index contributed by atoms with van der Waals surface area (Å²) in [7, 11) is 0. The summed E-state index contributed by atoms with van der Waals surface area (Å²) >= 11 is 5.84. The first-order chi connectivity index (χ1) is 13.0. The van der Waals surface area contributed by atoms with Crippen LogP contribution in [0.3, 0.4) is 0 Å². The molecule has 0 aliphatic rings. The predicted molar refractivity (Wildman–Crippen MR) is 106 cm³/mol. The molecule has 0 fully saturated rings. The smallest absolute Gasteiger partial charge is 0.254 e. The van der Waals surface area contributed by atoms with Crippen LogP contribution in [0.1, 0.15) is 23.7 Å². The Morgan fingerprint density at radius 2 is 1.63 bits per heavy atom. The standard InChI is InChI=1S/C20H22ClN3O3/c1-2-12-24(20(27)15-8-10-16(21)11-9-15)14-19(26)22-13-18(25)23-17-6-4-3-5-7-17/h3-11H,2,12-14H2,1H3,(H,22,26)(H,23,25). The molecule has 7 heteroatoms. The summed E-state index contributed by atoms with van der Waals surface area (Å²) in [6.45, 7) is 2.08. The number of carbonyl (C=O) groups excluding carboxylic acids is 3. The van der Waals surface area contributed by atoms with Crippen molar-refractivity contribution in [2.24, 2.45) is 0 Å². The van der Waals surface area contributed by atoms with Gasteiger partial charge in [-0.1, -0.05) is 36.7 Å². The van der Waals surface area contributed by atoms with Gasteiger partial charge in [0.05, 0.1) is 13.1 Å². The van der Waals surface area contributed by atoms with Gasteiger partial charge in [-0.3, -0.25) is 14.4 Å². The molecule has 0 aliphatic heterocycles. The van der Waals surface area contributed by atoms with Gasteiger partial charge in [0.2, 0.25) is 11.8 Å². The van der Waals surface area contributed by atoms with E-state index in [1.54, 1.807) is 48.5 Å². The van der Waals surface area contributed by atoms with Gasteiger partial charge in [-0.05, 0) is 42.8 Å². The SMILES string of the molecule is CCCN(CC(=O)NCC(=O)Nc1ccccc1)C(=O)c1ccc(Cl)cc1. The summed E-state index contributed by atoms with van der Waals surface area (Å²) in [5.74, 6) is -0.980. The van der Waals surface area contributed by atoms with Crippen LogP contribution in [0.15, 0.2) is 54.6 Å². The summed E-state index contributed by atoms with van der Waals surface area (Å²) < 4.78 is 0. The van der Waals surface area contributed by atoms with E-state index in [1.807, 2.05) is 13.0 Å². The molecule has 142 valence electrons. The highest BCUT2D eigenvalue weighted by Crippen LogP contribution is 2.12. The third kappa shape index (κ3) is 6.75. The zero-order valence-corrected chi connectivity index (χ0v) is 15.8. The van der Waals surface area contributed by atoms with Gasteiger partial charge in [0, 0.05) is 22.8 Å². The van der Waals surface area contributed by atoms with Crippen LogP contribution in [-0.2, 0) is 9.59 Å². The molecule has 0 bridgehead atoms. The molecule has 3 amide bonds. The van der Waals surface area contributed by atoms with Crippen molar-refractivity contribution in [1.29, 1.82) is 0 Å². The van der Waals surface area contributed by atoms with Gasteiger partial charge < -0.3 is 15.5 Å². The van der Waals surface area contributed by atoms with E-state index in [0.717, 1.165) is 0 Å². The van der Waals surface area contributed by atoms with Crippen LogP contribution in [0, 0.1) is 0 Å². The molecule has 2 rings (SSSR count). The lowest BCUT2D eigenvalue weighted by Gasteiger charge is -2.21. The van der Waals surface area contributed by atoms with Gasteiger partial charge in [0.25, 0.3) is 5.91 Å². The quantitative estimate of drug-likeness (QED) is 0.731. The van der Waals surface area contributed by atoms with Crippen molar-refractivity contribution in [2.75, 3.05) is 25.0 Å². The molecule has 6 nitrogen and oxygen atoms in total. The first kappa shape index (κ1) is 20.5. The fourth-order valence-corrected chi connectivity index (χ4v) is 2.56. The Morgan fingerprint density at radius 1 is 0.963 bits per heavy atom. The summed E-state index contributed by atoms with van der Waals surface area (Å²) in [5, 5.41) is 5.76. The summed E-state index contributed by atoms with van der Waals surface area (Å²) in [5.41, 5.74) is 1.12. The number of halogens is 1. The minimum atomic E-state index is -0.394. The van der Waals surface area contributed by atoms with Gasteiger partial charge >= 0.3 is 0 Å². The summed E-state index contributed by atoms with van der Waals surface area (Å²) in [4.78, 5) is 38.1. The van der Waals surface area contributed by atoms with Crippen LogP contribution < -0.4 is 10.6 Å². The molecule has 2 aromatic rings. The van der Waals surface area contributed by atoms with Crippen LogP contribution in [0.25, 0.3) is 0 Å². The number of amides is 3. The Morgan fingerprint density at radius 3 is 2.26 bits per heavy atom. The zero-order chi connectivity index (χ0) is 19.6. The Labute approximate surface area is 163 Å². The lowest BCUT2D eigenvalue weighted by Crippen LogP contribution is -2.43. The predicted octanol–water partition coefficient (Wildman–Crippen LogP) is 2.95. The van der Waals surface area contributed by atoms with E-state index in [9.17, 15) is 14.4 Å². The van der Waals surface area contributed by atoms with E-state index in [-0.39, 0.29) is 24.9 Å². The van der Waals surface area contributed by atoms with Crippen LogP contribution >= 0.6 is 11.6 Å². The van der Waals surface area contributed by atoms with E-state index in [1.165, 1.54) is 4.90 Å². The minimum Gasteiger partial charge on any atom is -0.345 e. The van der Waals surface area contributed by atoms with Crippen molar-refractivity contribution in [3.8, 4) is 0 Å². The van der Waals surface area contributed by atoms with Crippen LogP contribution in [0.2, 0.25) is 5.02 Å². The molecule has 27 heavy (non-hydrogen) atoms. The van der Waals surface area contributed by atoms with Crippen molar-refractivity contribution in [3.05, 3.63) is 65.2 Å². The number of benzene rings is 2. The van der Waals surface area contributed by atoms with E-state index in [4.69, 9.17) is 11.6 Å². The maximum atomic E-state index is 12.6. The maximum absolute atomic E-state index is 12.6. The molecule has 0 saturated carbocycles. The topological polar surface area (TPSA) is 78.5 Å². The number of carbonyl (C=O) groups is 3. The number of hydrogen-bond donors (Lipinski definition) is 2. The van der Waals surface area contributed by atoms with Gasteiger partial charge in [-0.25, -0.2) is 0 Å². The average molecular weight is 388 g/mol. The van der Waals surface area contributed by atoms with Crippen LogP contribution in [-0.4, -0.2) is 42.3 Å². The number of rotatable bonds is 8. The summed E-state index contributed by atoms with van der Waals surface area (Å²) in [6.07, 6.45) is 0.709. The fraction of sp³-hybridized carbons (Fsp3) is 0.250. The van der Waals surface area contributed by atoms with E-state index < -0.39 is 5.91 Å². The Bertz CT molecular complexity index is 779. The van der Waals surface area contributed by atoms with Gasteiger partial charge in [0.15, 0.2) is 0 Å². The number of nitrogens with one attached hydrogen (secondary N) is 2. The molecular formula is C20H22ClN3O3. The highest BCUT2D eigenvalue weighted by atomic mass is 35.5. The van der Waals surface area contributed by atoms with Gasteiger partial charge in [0.1, 0.15) is 0 Å². The molecule has 0 aromatic heterocycles. The van der Waals surface area contributed by atoms with Crippen molar-refractivity contribution in [1.82, 2.24) is 10.2 Å². The Kier molecular flexibility index (Phi) is 7.82. The second kappa shape index (κ2) is 10.3. The highest BCUT2D eigenvalue weighted by Gasteiger charge is 2.18. The Hall–Kier alpha value is -2.86. The van der Waals surface area contributed by atoms with E-state index in [2.05, 4.69) is 10.6 Å². The fourth-order valence-electron chi connectivity index (χ4n) is 2.43. The third-order valence-electron chi connectivity index (χ3n) is 3.71. The third-order valence-corrected chi connectivity index (χ3v) is 3.96. The first-order valence-electron chi connectivity index (χ1n) is 8.66. The van der Waals surface area contributed by atoms with E-state index >= 15 is 0 Å². The van der Waals surface area contributed by atoms with Crippen LogP contribution in [0.4, 0.5) is 5.69 Å². The molecule has 0 unspecified atom stereocenters. The second-order valence-electron chi connectivity index (χ2n) is 5.92. The molecule has 0 spiro atoms.